The average Bonchev–Trinajstić information content (AvgIpc) is 3.10. The zero-order valence-corrected chi connectivity index (χ0v) is 19.6. The fourth-order valence-electron chi connectivity index (χ4n) is 4.59. The van der Waals surface area contributed by atoms with Crippen molar-refractivity contribution < 1.29 is 19.2 Å². The number of para-hydroxylation sites is 1. The maximum atomic E-state index is 13.0. The van der Waals surface area contributed by atoms with Gasteiger partial charge in [0.15, 0.2) is 0 Å². The number of nitrogens with zero attached hydrogens (tertiary/aromatic N) is 3. The van der Waals surface area contributed by atoms with Crippen molar-refractivity contribution in [2.24, 2.45) is 5.92 Å². The second-order valence-electron chi connectivity index (χ2n) is 8.96. The molecule has 2 heterocycles. The number of benzene rings is 2. The van der Waals surface area contributed by atoms with E-state index in [2.05, 4.69) is 22.3 Å². The molecule has 8 nitrogen and oxygen atoms in total. The molecule has 2 aromatic carbocycles. The molecule has 0 aromatic heterocycles. The highest BCUT2D eigenvalue weighted by molar-refractivity contribution is 6.22. The summed E-state index contributed by atoms with van der Waals surface area (Å²) in [6.45, 7) is 6.53. The largest absolute Gasteiger partial charge is 0.368 e. The number of hydrogen-bond acceptors (Lipinski definition) is 5. The SMILES string of the molecule is CC(C)C(C(=O)NCCC(=O)N1CCN(c2ccccc2)CC1)N1C(=O)c2ccccc2C1=O. The van der Waals surface area contributed by atoms with Crippen LogP contribution in [0.4, 0.5) is 5.69 Å². The summed E-state index contributed by atoms with van der Waals surface area (Å²) in [5.41, 5.74) is 1.78. The molecular weight excluding hydrogens is 432 g/mol. The monoisotopic (exact) mass is 462 g/mol. The highest BCUT2D eigenvalue weighted by Gasteiger charge is 2.43. The first-order valence-electron chi connectivity index (χ1n) is 11.7. The quantitative estimate of drug-likeness (QED) is 0.637. The molecule has 4 amide bonds. The molecule has 34 heavy (non-hydrogen) atoms. The predicted molar refractivity (Wildman–Crippen MR) is 128 cm³/mol. The van der Waals surface area contributed by atoms with E-state index < -0.39 is 23.8 Å². The highest BCUT2D eigenvalue weighted by Crippen LogP contribution is 2.27. The van der Waals surface area contributed by atoms with Crippen molar-refractivity contribution in [1.29, 1.82) is 0 Å². The van der Waals surface area contributed by atoms with E-state index in [1.807, 2.05) is 23.1 Å². The topological polar surface area (TPSA) is 90.0 Å². The molecule has 0 spiro atoms. The third-order valence-electron chi connectivity index (χ3n) is 6.40. The van der Waals surface area contributed by atoms with E-state index in [1.165, 1.54) is 0 Å². The van der Waals surface area contributed by atoms with Crippen molar-refractivity contribution in [3.63, 3.8) is 0 Å². The van der Waals surface area contributed by atoms with Gasteiger partial charge in [-0.15, -0.1) is 0 Å². The Morgan fingerprint density at radius 3 is 1.97 bits per heavy atom. The number of anilines is 1. The van der Waals surface area contributed by atoms with Crippen molar-refractivity contribution in [1.82, 2.24) is 15.1 Å². The Morgan fingerprint density at radius 1 is 0.853 bits per heavy atom. The molecule has 4 rings (SSSR count). The molecule has 0 aliphatic carbocycles. The second kappa shape index (κ2) is 10.1. The number of fused-ring (bicyclic) bond motifs is 1. The second-order valence-corrected chi connectivity index (χ2v) is 8.96. The zero-order valence-electron chi connectivity index (χ0n) is 19.6. The van der Waals surface area contributed by atoms with Crippen LogP contribution < -0.4 is 10.2 Å². The van der Waals surface area contributed by atoms with Crippen LogP contribution >= 0.6 is 0 Å². The van der Waals surface area contributed by atoms with Crippen molar-refractivity contribution in [3.05, 3.63) is 65.7 Å². The summed E-state index contributed by atoms with van der Waals surface area (Å²) >= 11 is 0. The number of nitrogens with one attached hydrogen (secondary N) is 1. The van der Waals surface area contributed by atoms with Crippen LogP contribution in [0.15, 0.2) is 54.6 Å². The first kappa shape index (κ1) is 23.5. The van der Waals surface area contributed by atoms with Gasteiger partial charge in [0.1, 0.15) is 6.04 Å². The van der Waals surface area contributed by atoms with E-state index >= 15 is 0 Å². The smallest absolute Gasteiger partial charge is 0.262 e. The number of carbonyl (C=O) groups is 4. The van der Waals surface area contributed by atoms with Crippen LogP contribution in [-0.4, -0.2) is 72.2 Å². The summed E-state index contributed by atoms with van der Waals surface area (Å²) in [5.74, 6) is -1.63. The van der Waals surface area contributed by atoms with Gasteiger partial charge in [0.25, 0.3) is 11.8 Å². The Hall–Kier alpha value is -3.68. The maximum absolute atomic E-state index is 13.0. The number of amides is 4. The first-order chi connectivity index (χ1) is 16.4. The molecule has 0 radical (unpaired) electrons. The van der Waals surface area contributed by atoms with E-state index in [4.69, 9.17) is 0 Å². The van der Waals surface area contributed by atoms with Crippen molar-refractivity contribution in [2.45, 2.75) is 26.3 Å². The Bertz CT molecular complexity index is 1040. The third kappa shape index (κ3) is 4.66. The molecule has 2 aliphatic heterocycles. The minimum absolute atomic E-state index is 0.0187. The molecule has 0 bridgehead atoms. The maximum Gasteiger partial charge on any atom is 0.262 e. The Labute approximate surface area is 199 Å². The van der Waals surface area contributed by atoms with Gasteiger partial charge in [0.2, 0.25) is 11.8 Å². The van der Waals surface area contributed by atoms with Gasteiger partial charge in [-0.05, 0) is 30.2 Å². The zero-order chi connectivity index (χ0) is 24.2. The number of rotatable bonds is 7. The van der Waals surface area contributed by atoms with Crippen molar-refractivity contribution in [2.75, 3.05) is 37.6 Å². The van der Waals surface area contributed by atoms with E-state index in [9.17, 15) is 19.2 Å². The number of imide groups is 1. The molecular formula is C26H30N4O4. The molecule has 1 fully saturated rings. The van der Waals surface area contributed by atoms with Gasteiger partial charge in [-0.25, -0.2) is 0 Å². The van der Waals surface area contributed by atoms with Gasteiger partial charge in [-0.2, -0.15) is 0 Å². The lowest BCUT2D eigenvalue weighted by atomic mass is 10.0. The van der Waals surface area contributed by atoms with Crippen molar-refractivity contribution >= 4 is 29.3 Å². The summed E-state index contributed by atoms with van der Waals surface area (Å²) in [7, 11) is 0. The molecule has 1 N–H and O–H groups in total. The van der Waals surface area contributed by atoms with E-state index in [1.54, 1.807) is 38.1 Å². The first-order valence-corrected chi connectivity index (χ1v) is 11.7. The van der Waals surface area contributed by atoms with Crippen LogP contribution in [0.3, 0.4) is 0 Å². The standard InChI is InChI=1S/C26H30N4O4/c1-18(2)23(30-25(33)20-10-6-7-11-21(20)26(30)34)24(32)27-13-12-22(31)29-16-14-28(15-17-29)19-8-4-3-5-9-19/h3-11,18,23H,12-17H2,1-2H3,(H,27,32). The molecule has 8 heteroatoms. The average molecular weight is 463 g/mol. The van der Waals surface area contributed by atoms with E-state index in [-0.39, 0.29) is 24.8 Å². The summed E-state index contributed by atoms with van der Waals surface area (Å²) in [6, 6.07) is 15.8. The van der Waals surface area contributed by atoms with Crippen LogP contribution in [0.1, 0.15) is 41.0 Å². The minimum Gasteiger partial charge on any atom is -0.368 e. The summed E-state index contributed by atoms with van der Waals surface area (Å²) in [6.07, 6.45) is 0.171. The van der Waals surface area contributed by atoms with Gasteiger partial charge in [-0.3, -0.25) is 24.1 Å². The molecule has 1 saturated heterocycles. The minimum atomic E-state index is -0.933. The van der Waals surface area contributed by atoms with Crippen molar-refractivity contribution in [3.8, 4) is 0 Å². The Morgan fingerprint density at radius 2 is 1.41 bits per heavy atom. The van der Waals surface area contributed by atoms with Gasteiger partial charge in [-0.1, -0.05) is 44.2 Å². The van der Waals surface area contributed by atoms with Crippen LogP contribution in [0.5, 0.6) is 0 Å². The fraction of sp³-hybridized carbons (Fsp3) is 0.385. The Kier molecular flexibility index (Phi) is 6.95. The highest BCUT2D eigenvalue weighted by atomic mass is 16.2. The molecule has 1 atom stereocenters. The van der Waals surface area contributed by atoms with Crippen LogP contribution in [0.25, 0.3) is 0 Å². The summed E-state index contributed by atoms with van der Waals surface area (Å²) in [4.78, 5) is 56.4. The van der Waals surface area contributed by atoms with Gasteiger partial charge >= 0.3 is 0 Å². The van der Waals surface area contributed by atoms with Crippen LogP contribution in [0.2, 0.25) is 0 Å². The fourth-order valence-corrected chi connectivity index (χ4v) is 4.59. The number of hydrogen-bond donors (Lipinski definition) is 1. The van der Waals surface area contributed by atoms with Gasteiger partial charge < -0.3 is 15.1 Å². The molecule has 2 aromatic rings. The van der Waals surface area contributed by atoms with E-state index in [0.717, 1.165) is 23.7 Å². The molecule has 1 unspecified atom stereocenters. The van der Waals surface area contributed by atoms with Crippen LogP contribution in [0, 0.1) is 5.92 Å². The van der Waals surface area contributed by atoms with Crippen LogP contribution in [-0.2, 0) is 9.59 Å². The lowest BCUT2D eigenvalue weighted by Gasteiger charge is -2.36. The van der Waals surface area contributed by atoms with Gasteiger partial charge in [0.05, 0.1) is 11.1 Å². The Balaban J connectivity index is 1.29. The lowest BCUT2D eigenvalue weighted by Crippen LogP contribution is -2.53. The normalized spacial score (nSPS) is 16.6. The van der Waals surface area contributed by atoms with Gasteiger partial charge in [0, 0.05) is 44.8 Å². The van der Waals surface area contributed by atoms with E-state index in [0.29, 0.717) is 24.2 Å². The predicted octanol–water partition coefficient (Wildman–Crippen LogP) is 2.16. The molecule has 0 saturated carbocycles. The number of carbonyl (C=O) groups excluding carboxylic acids is 4. The molecule has 2 aliphatic rings. The summed E-state index contributed by atoms with van der Waals surface area (Å²) < 4.78 is 0. The molecule has 178 valence electrons. The summed E-state index contributed by atoms with van der Waals surface area (Å²) in [5, 5.41) is 2.77. The lowest BCUT2D eigenvalue weighted by molar-refractivity contribution is -0.131. The number of piperazine rings is 1. The third-order valence-corrected chi connectivity index (χ3v) is 6.40.